The first kappa shape index (κ1) is 12.6. The predicted octanol–water partition coefficient (Wildman–Crippen LogP) is 4.17. The predicted molar refractivity (Wildman–Crippen MR) is 64.8 cm³/mol. The molecule has 0 heterocycles. The largest absolute Gasteiger partial charge is 0.411 e. The summed E-state index contributed by atoms with van der Waals surface area (Å²) in [7, 11) is 0. The van der Waals surface area contributed by atoms with Crippen molar-refractivity contribution in [2.24, 2.45) is 5.16 Å². The molecule has 0 aliphatic rings. The molecule has 0 aliphatic heterocycles. The molecule has 1 aromatic rings. The third-order valence-corrected chi connectivity index (χ3v) is 3.03. The molecule has 1 unspecified atom stereocenters. The van der Waals surface area contributed by atoms with E-state index >= 15 is 0 Å². The Morgan fingerprint density at radius 3 is 2.60 bits per heavy atom. The van der Waals surface area contributed by atoms with Gasteiger partial charge in [0.1, 0.15) is 0 Å². The Bertz CT molecular complexity index is 379. The van der Waals surface area contributed by atoms with Crippen molar-refractivity contribution in [3.8, 4) is 0 Å². The van der Waals surface area contributed by atoms with Crippen LogP contribution in [0, 0.1) is 0 Å². The van der Waals surface area contributed by atoms with Gasteiger partial charge in [-0.15, -0.1) is 11.6 Å². The van der Waals surface area contributed by atoms with Crippen molar-refractivity contribution in [3.63, 3.8) is 0 Å². The lowest BCUT2D eigenvalue weighted by Gasteiger charge is -2.13. The second kappa shape index (κ2) is 5.59. The molecule has 0 aromatic heterocycles. The van der Waals surface area contributed by atoms with Gasteiger partial charge in [-0.1, -0.05) is 41.3 Å². The van der Waals surface area contributed by atoms with E-state index < -0.39 is 0 Å². The van der Waals surface area contributed by atoms with Crippen LogP contribution in [-0.2, 0) is 0 Å². The summed E-state index contributed by atoms with van der Waals surface area (Å²) in [5, 5.41) is 13.0. The van der Waals surface area contributed by atoms with Gasteiger partial charge in [-0.2, -0.15) is 0 Å². The zero-order valence-electron chi connectivity index (χ0n) is 8.04. The van der Waals surface area contributed by atoms with Crippen LogP contribution in [0.2, 0.25) is 10.0 Å². The fourth-order valence-corrected chi connectivity index (χ4v) is 2.12. The Hall–Kier alpha value is -0.440. The third-order valence-electron chi connectivity index (χ3n) is 2.19. The number of benzene rings is 1. The van der Waals surface area contributed by atoms with Gasteiger partial charge in [0.25, 0.3) is 0 Å². The second-order valence-electron chi connectivity index (χ2n) is 3.11. The van der Waals surface area contributed by atoms with E-state index in [2.05, 4.69) is 5.16 Å². The maximum absolute atomic E-state index is 8.74. The molecule has 82 valence electrons. The Labute approximate surface area is 103 Å². The average molecular weight is 267 g/mol. The fraction of sp³-hybridized carbons (Fsp3) is 0.300. The fourth-order valence-electron chi connectivity index (χ4n) is 1.26. The summed E-state index contributed by atoms with van der Waals surface area (Å²) in [4.78, 5) is 0. The first-order valence-corrected chi connectivity index (χ1v) is 5.61. The third kappa shape index (κ3) is 3.00. The molecule has 0 saturated carbocycles. The lowest BCUT2D eigenvalue weighted by molar-refractivity contribution is 0.317. The Morgan fingerprint density at radius 2 is 2.13 bits per heavy atom. The highest BCUT2D eigenvalue weighted by atomic mass is 35.5. The first-order chi connectivity index (χ1) is 7.10. The molecule has 15 heavy (non-hydrogen) atoms. The van der Waals surface area contributed by atoms with Crippen LogP contribution in [0.1, 0.15) is 18.4 Å². The Kier molecular flexibility index (Phi) is 4.71. The molecule has 0 fully saturated rings. The standard InChI is InChI=1S/C10H10Cl3NO/c1-6(10(5-11)14-15)8-3-2-7(12)4-9(8)13/h2-4,6,15H,5H2,1H3. The zero-order chi connectivity index (χ0) is 11.4. The maximum atomic E-state index is 8.74. The lowest BCUT2D eigenvalue weighted by Crippen LogP contribution is -2.11. The molecule has 5 heteroatoms. The van der Waals surface area contributed by atoms with Gasteiger partial charge in [0.05, 0.1) is 11.6 Å². The molecule has 0 spiro atoms. The summed E-state index contributed by atoms with van der Waals surface area (Å²) in [5.74, 6) is 0.0358. The maximum Gasteiger partial charge on any atom is 0.0790 e. The minimum absolute atomic E-state index is 0.128. The van der Waals surface area contributed by atoms with Crippen molar-refractivity contribution in [1.82, 2.24) is 0 Å². The number of hydrogen-bond donors (Lipinski definition) is 1. The van der Waals surface area contributed by atoms with E-state index in [1.165, 1.54) is 0 Å². The molecular formula is C10H10Cl3NO. The van der Waals surface area contributed by atoms with Crippen LogP contribution in [0.25, 0.3) is 0 Å². The van der Waals surface area contributed by atoms with E-state index in [9.17, 15) is 0 Å². The van der Waals surface area contributed by atoms with E-state index in [1.54, 1.807) is 18.2 Å². The van der Waals surface area contributed by atoms with E-state index in [4.69, 9.17) is 40.0 Å². The molecule has 0 amide bonds. The Balaban J connectivity index is 3.06. The van der Waals surface area contributed by atoms with E-state index in [0.29, 0.717) is 15.8 Å². The van der Waals surface area contributed by atoms with Gasteiger partial charge in [0, 0.05) is 16.0 Å². The van der Waals surface area contributed by atoms with E-state index in [1.807, 2.05) is 6.92 Å². The van der Waals surface area contributed by atoms with Gasteiger partial charge in [-0.05, 0) is 17.7 Å². The van der Waals surface area contributed by atoms with Gasteiger partial charge < -0.3 is 5.21 Å². The van der Waals surface area contributed by atoms with E-state index in [0.717, 1.165) is 5.56 Å². The summed E-state index contributed by atoms with van der Waals surface area (Å²) in [6.07, 6.45) is 0. The minimum Gasteiger partial charge on any atom is -0.411 e. The van der Waals surface area contributed by atoms with Gasteiger partial charge in [-0.3, -0.25) is 0 Å². The minimum atomic E-state index is -0.128. The highest BCUT2D eigenvalue weighted by molar-refractivity contribution is 6.35. The van der Waals surface area contributed by atoms with Gasteiger partial charge >= 0.3 is 0 Å². The van der Waals surface area contributed by atoms with Crippen LogP contribution in [-0.4, -0.2) is 16.8 Å². The average Bonchev–Trinajstić information content (AvgIpc) is 2.19. The van der Waals surface area contributed by atoms with Crippen molar-refractivity contribution in [2.75, 3.05) is 5.88 Å². The van der Waals surface area contributed by atoms with Gasteiger partial charge in [0.15, 0.2) is 0 Å². The van der Waals surface area contributed by atoms with Crippen molar-refractivity contribution in [2.45, 2.75) is 12.8 Å². The van der Waals surface area contributed by atoms with Crippen molar-refractivity contribution < 1.29 is 5.21 Å². The van der Waals surface area contributed by atoms with Crippen LogP contribution in [0.15, 0.2) is 23.4 Å². The molecule has 0 bridgehead atoms. The molecule has 1 aromatic carbocycles. The first-order valence-electron chi connectivity index (χ1n) is 4.32. The highest BCUT2D eigenvalue weighted by Crippen LogP contribution is 2.28. The number of rotatable bonds is 3. The molecule has 1 N–H and O–H groups in total. The summed E-state index contributed by atoms with van der Waals surface area (Å²) in [5.41, 5.74) is 1.32. The lowest BCUT2D eigenvalue weighted by atomic mass is 9.97. The van der Waals surface area contributed by atoms with Crippen molar-refractivity contribution in [1.29, 1.82) is 0 Å². The molecule has 2 nitrogen and oxygen atoms in total. The summed E-state index contributed by atoms with van der Waals surface area (Å²) in [6, 6.07) is 5.19. The van der Waals surface area contributed by atoms with Crippen molar-refractivity contribution >= 4 is 40.5 Å². The monoisotopic (exact) mass is 265 g/mol. The highest BCUT2D eigenvalue weighted by Gasteiger charge is 2.15. The molecule has 1 atom stereocenters. The number of hydrogen-bond acceptors (Lipinski definition) is 2. The van der Waals surface area contributed by atoms with Crippen LogP contribution in [0.5, 0.6) is 0 Å². The van der Waals surface area contributed by atoms with Gasteiger partial charge in [0.2, 0.25) is 0 Å². The molecule has 0 saturated heterocycles. The van der Waals surface area contributed by atoms with Crippen molar-refractivity contribution in [3.05, 3.63) is 33.8 Å². The zero-order valence-corrected chi connectivity index (χ0v) is 10.3. The quantitative estimate of drug-likeness (QED) is 0.379. The number of halogens is 3. The van der Waals surface area contributed by atoms with Gasteiger partial charge in [-0.25, -0.2) is 0 Å². The smallest absolute Gasteiger partial charge is 0.0790 e. The van der Waals surface area contributed by atoms with Crippen LogP contribution in [0.4, 0.5) is 0 Å². The molecule has 1 rings (SSSR count). The number of alkyl halides is 1. The second-order valence-corrected chi connectivity index (χ2v) is 4.22. The SMILES string of the molecule is CC(C(CCl)=NO)c1ccc(Cl)cc1Cl. The number of oxime groups is 1. The van der Waals surface area contributed by atoms with E-state index in [-0.39, 0.29) is 11.8 Å². The number of nitrogens with zero attached hydrogens (tertiary/aromatic N) is 1. The molecular weight excluding hydrogens is 256 g/mol. The molecule has 0 aliphatic carbocycles. The Morgan fingerprint density at radius 1 is 1.47 bits per heavy atom. The van der Waals surface area contributed by atoms with Crippen LogP contribution in [0.3, 0.4) is 0 Å². The summed E-state index contributed by atoms with van der Waals surface area (Å²) in [6.45, 7) is 1.87. The van der Waals surface area contributed by atoms with Crippen LogP contribution >= 0.6 is 34.8 Å². The van der Waals surface area contributed by atoms with Crippen LogP contribution < -0.4 is 0 Å². The topological polar surface area (TPSA) is 32.6 Å². The molecule has 0 radical (unpaired) electrons. The normalized spacial score (nSPS) is 14.0. The summed E-state index contributed by atoms with van der Waals surface area (Å²) >= 11 is 17.4. The summed E-state index contributed by atoms with van der Waals surface area (Å²) < 4.78 is 0.